The lowest BCUT2D eigenvalue weighted by molar-refractivity contribution is -0.136. The Morgan fingerprint density at radius 2 is 1.95 bits per heavy atom. The van der Waals surface area contributed by atoms with Crippen LogP contribution in [0.15, 0.2) is 0 Å². The van der Waals surface area contributed by atoms with Gasteiger partial charge in [-0.1, -0.05) is 13.8 Å². The third-order valence-corrected chi connectivity index (χ3v) is 3.64. The van der Waals surface area contributed by atoms with E-state index in [0.29, 0.717) is 25.6 Å². The van der Waals surface area contributed by atoms with Gasteiger partial charge in [0.05, 0.1) is 6.07 Å². The minimum Gasteiger partial charge on any atom is -0.356 e. The van der Waals surface area contributed by atoms with Gasteiger partial charge in [0.1, 0.15) is 5.92 Å². The number of hydrogen-bond acceptors (Lipinski definition) is 3. The number of nitriles is 1. The summed E-state index contributed by atoms with van der Waals surface area (Å²) in [6, 6.07) is 2.10. The topological polar surface area (TPSA) is 73.2 Å². The van der Waals surface area contributed by atoms with E-state index >= 15 is 0 Å². The van der Waals surface area contributed by atoms with E-state index in [0.717, 1.165) is 12.8 Å². The average molecular weight is 265 g/mol. The summed E-state index contributed by atoms with van der Waals surface area (Å²) < 4.78 is 0. The third kappa shape index (κ3) is 4.55. The Labute approximate surface area is 115 Å². The van der Waals surface area contributed by atoms with Crippen LogP contribution in [-0.2, 0) is 9.59 Å². The van der Waals surface area contributed by atoms with Gasteiger partial charge in [0.2, 0.25) is 11.8 Å². The van der Waals surface area contributed by atoms with Gasteiger partial charge in [-0.25, -0.2) is 0 Å². The van der Waals surface area contributed by atoms with Crippen LogP contribution in [-0.4, -0.2) is 36.3 Å². The molecule has 1 saturated heterocycles. The van der Waals surface area contributed by atoms with Crippen molar-refractivity contribution in [3.8, 4) is 6.07 Å². The number of hydrogen-bond donors (Lipinski definition) is 1. The minimum absolute atomic E-state index is 0.0112. The van der Waals surface area contributed by atoms with Crippen molar-refractivity contribution >= 4 is 11.8 Å². The largest absolute Gasteiger partial charge is 0.356 e. The Hall–Kier alpha value is -1.57. The molecule has 1 rings (SSSR count). The molecule has 1 unspecified atom stereocenters. The number of rotatable bonds is 4. The SMILES string of the molecule is CC(=O)NCC1CCN(C(=O)C(C#N)C(C)C)CC1. The van der Waals surface area contributed by atoms with Crippen molar-refractivity contribution in [1.29, 1.82) is 5.26 Å². The van der Waals surface area contributed by atoms with Gasteiger partial charge in [-0.2, -0.15) is 5.26 Å². The van der Waals surface area contributed by atoms with E-state index in [9.17, 15) is 9.59 Å². The first kappa shape index (κ1) is 15.5. The Kier molecular flexibility index (Phi) is 5.81. The quantitative estimate of drug-likeness (QED) is 0.829. The van der Waals surface area contributed by atoms with E-state index in [1.807, 2.05) is 13.8 Å². The number of amides is 2. The normalized spacial score (nSPS) is 17.9. The van der Waals surface area contributed by atoms with E-state index in [4.69, 9.17) is 5.26 Å². The van der Waals surface area contributed by atoms with E-state index in [2.05, 4.69) is 11.4 Å². The molecule has 0 aromatic rings. The predicted octanol–water partition coefficient (Wildman–Crippen LogP) is 1.16. The minimum atomic E-state index is -0.535. The van der Waals surface area contributed by atoms with Crippen molar-refractivity contribution in [2.75, 3.05) is 19.6 Å². The van der Waals surface area contributed by atoms with Gasteiger partial charge in [-0.3, -0.25) is 9.59 Å². The molecular weight excluding hydrogens is 242 g/mol. The number of likely N-dealkylation sites (tertiary alicyclic amines) is 1. The first-order valence-corrected chi connectivity index (χ1v) is 6.88. The molecule has 5 heteroatoms. The fourth-order valence-corrected chi connectivity index (χ4v) is 2.33. The summed E-state index contributed by atoms with van der Waals surface area (Å²) in [5.41, 5.74) is 0. The molecule has 5 nitrogen and oxygen atoms in total. The molecule has 106 valence electrons. The molecule has 0 bridgehead atoms. The summed E-state index contributed by atoms with van der Waals surface area (Å²) in [5.74, 6) is -0.104. The van der Waals surface area contributed by atoms with Crippen molar-refractivity contribution in [2.45, 2.75) is 33.6 Å². The first-order chi connectivity index (χ1) is 8.95. The molecule has 19 heavy (non-hydrogen) atoms. The monoisotopic (exact) mass is 265 g/mol. The van der Waals surface area contributed by atoms with Crippen LogP contribution in [0.5, 0.6) is 0 Å². The number of carbonyl (C=O) groups excluding carboxylic acids is 2. The summed E-state index contributed by atoms with van der Waals surface area (Å²) in [4.78, 5) is 24.8. The zero-order valence-corrected chi connectivity index (χ0v) is 12.0. The van der Waals surface area contributed by atoms with Crippen molar-refractivity contribution in [1.82, 2.24) is 10.2 Å². The Balaban J connectivity index is 2.43. The van der Waals surface area contributed by atoms with E-state index < -0.39 is 5.92 Å². The molecule has 0 aromatic heterocycles. The second-order valence-corrected chi connectivity index (χ2v) is 5.56. The highest BCUT2D eigenvalue weighted by Gasteiger charge is 2.29. The molecule has 0 radical (unpaired) electrons. The van der Waals surface area contributed by atoms with Gasteiger partial charge in [0, 0.05) is 26.6 Å². The molecule has 1 aliphatic heterocycles. The lowest BCUT2D eigenvalue weighted by Gasteiger charge is -2.33. The van der Waals surface area contributed by atoms with Crippen molar-refractivity contribution < 1.29 is 9.59 Å². The molecule has 1 aliphatic rings. The Morgan fingerprint density at radius 3 is 2.37 bits per heavy atom. The second kappa shape index (κ2) is 7.13. The summed E-state index contributed by atoms with van der Waals surface area (Å²) in [6.07, 6.45) is 1.78. The predicted molar refractivity (Wildman–Crippen MR) is 71.9 cm³/mol. The van der Waals surface area contributed by atoms with Gasteiger partial charge >= 0.3 is 0 Å². The highest BCUT2D eigenvalue weighted by Crippen LogP contribution is 2.20. The van der Waals surface area contributed by atoms with E-state index in [-0.39, 0.29) is 17.7 Å². The van der Waals surface area contributed by atoms with Crippen LogP contribution in [0.3, 0.4) is 0 Å². The zero-order valence-electron chi connectivity index (χ0n) is 12.0. The Morgan fingerprint density at radius 1 is 1.37 bits per heavy atom. The summed E-state index contributed by atoms with van der Waals surface area (Å²) in [5, 5.41) is 11.9. The number of nitrogens with one attached hydrogen (secondary N) is 1. The summed E-state index contributed by atoms with van der Waals surface area (Å²) in [6.45, 7) is 7.37. The molecule has 0 saturated carbocycles. The summed E-state index contributed by atoms with van der Waals surface area (Å²) >= 11 is 0. The molecule has 2 amide bonds. The fraction of sp³-hybridized carbons (Fsp3) is 0.786. The van der Waals surface area contributed by atoms with Crippen molar-refractivity contribution in [3.63, 3.8) is 0 Å². The second-order valence-electron chi connectivity index (χ2n) is 5.56. The first-order valence-electron chi connectivity index (χ1n) is 6.88. The number of piperidine rings is 1. The van der Waals surface area contributed by atoms with Gasteiger partial charge in [-0.05, 0) is 24.7 Å². The van der Waals surface area contributed by atoms with Gasteiger partial charge in [0.25, 0.3) is 0 Å². The van der Waals surface area contributed by atoms with Crippen molar-refractivity contribution in [2.24, 2.45) is 17.8 Å². The lowest BCUT2D eigenvalue weighted by Crippen LogP contribution is -2.44. The van der Waals surface area contributed by atoms with Crippen LogP contribution in [0.2, 0.25) is 0 Å². The van der Waals surface area contributed by atoms with Crippen LogP contribution < -0.4 is 5.32 Å². The highest BCUT2D eigenvalue weighted by atomic mass is 16.2. The molecule has 0 aromatic carbocycles. The van der Waals surface area contributed by atoms with Crippen molar-refractivity contribution in [3.05, 3.63) is 0 Å². The Bertz CT molecular complexity index is 365. The highest BCUT2D eigenvalue weighted by molar-refractivity contribution is 5.81. The van der Waals surface area contributed by atoms with E-state index in [1.54, 1.807) is 4.90 Å². The maximum Gasteiger partial charge on any atom is 0.240 e. The van der Waals surface area contributed by atoms with Crippen LogP contribution in [0.4, 0.5) is 0 Å². The molecular formula is C14H23N3O2. The number of carbonyl (C=O) groups is 2. The van der Waals surface area contributed by atoms with Crippen LogP contribution in [0.25, 0.3) is 0 Å². The van der Waals surface area contributed by atoms with Crippen LogP contribution in [0.1, 0.15) is 33.6 Å². The van der Waals surface area contributed by atoms with Crippen LogP contribution in [0, 0.1) is 29.1 Å². The maximum atomic E-state index is 12.2. The van der Waals surface area contributed by atoms with Gasteiger partial charge in [-0.15, -0.1) is 0 Å². The third-order valence-electron chi connectivity index (χ3n) is 3.64. The summed E-state index contributed by atoms with van der Waals surface area (Å²) in [7, 11) is 0. The van der Waals surface area contributed by atoms with E-state index in [1.165, 1.54) is 6.92 Å². The molecule has 1 heterocycles. The average Bonchev–Trinajstić information content (AvgIpc) is 2.37. The standard InChI is InChI=1S/C14H23N3O2/c1-10(2)13(8-15)14(19)17-6-4-12(5-7-17)9-16-11(3)18/h10,12-13H,4-7,9H2,1-3H3,(H,16,18). The van der Waals surface area contributed by atoms with Gasteiger partial charge < -0.3 is 10.2 Å². The molecule has 1 fully saturated rings. The molecule has 1 atom stereocenters. The van der Waals surface area contributed by atoms with Crippen LogP contribution >= 0.6 is 0 Å². The fourth-order valence-electron chi connectivity index (χ4n) is 2.33. The molecule has 0 spiro atoms. The maximum absolute atomic E-state index is 12.2. The number of nitrogens with zero attached hydrogens (tertiary/aromatic N) is 2. The zero-order chi connectivity index (χ0) is 14.4. The lowest BCUT2D eigenvalue weighted by atomic mass is 9.92. The smallest absolute Gasteiger partial charge is 0.240 e. The molecule has 1 N–H and O–H groups in total. The van der Waals surface area contributed by atoms with Gasteiger partial charge in [0.15, 0.2) is 0 Å². The molecule has 0 aliphatic carbocycles.